The third kappa shape index (κ3) is 4.10. The van der Waals surface area contributed by atoms with Crippen molar-refractivity contribution in [2.45, 2.75) is 13.8 Å². The largest absolute Gasteiger partial charge is 0.465 e. The molecule has 2 aromatic heterocycles. The van der Waals surface area contributed by atoms with Crippen molar-refractivity contribution < 1.29 is 14.3 Å². The molecular formula is C22H19N3O3. The average molecular weight is 373 g/mol. The second kappa shape index (κ2) is 8.23. The molecule has 2 N–H and O–H groups in total. The van der Waals surface area contributed by atoms with Gasteiger partial charge >= 0.3 is 5.97 Å². The summed E-state index contributed by atoms with van der Waals surface area (Å²) < 4.78 is 4.78. The maximum Gasteiger partial charge on any atom is 0.339 e. The SMILES string of the molecule is COC(=O)c1c(C)[nH]c(C(=O)Nc2cccc(C#Cc3ccccn3)c2)c1C. The van der Waals surface area contributed by atoms with Crippen LogP contribution in [0.3, 0.4) is 0 Å². The Hall–Kier alpha value is -3.85. The number of hydrogen-bond acceptors (Lipinski definition) is 4. The quantitative estimate of drug-likeness (QED) is 0.544. The van der Waals surface area contributed by atoms with E-state index in [-0.39, 0.29) is 5.91 Å². The van der Waals surface area contributed by atoms with E-state index < -0.39 is 5.97 Å². The van der Waals surface area contributed by atoms with Crippen LogP contribution in [0, 0.1) is 25.7 Å². The van der Waals surface area contributed by atoms with Crippen LogP contribution >= 0.6 is 0 Å². The number of H-pyrrole nitrogens is 1. The Bertz CT molecular complexity index is 1090. The van der Waals surface area contributed by atoms with Crippen molar-refractivity contribution >= 4 is 17.6 Å². The number of rotatable bonds is 3. The Kier molecular flexibility index (Phi) is 5.56. The minimum absolute atomic E-state index is 0.322. The van der Waals surface area contributed by atoms with Crippen LogP contribution in [-0.4, -0.2) is 29.0 Å². The van der Waals surface area contributed by atoms with Crippen molar-refractivity contribution in [2.75, 3.05) is 12.4 Å². The molecule has 0 radical (unpaired) electrons. The smallest absolute Gasteiger partial charge is 0.339 e. The molecule has 3 aromatic rings. The first-order valence-corrected chi connectivity index (χ1v) is 8.61. The van der Waals surface area contributed by atoms with Crippen LogP contribution in [0.4, 0.5) is 5.69 Å². The van der Waals surface area contributed by atoms with Crippen LogP contribution in [0.25, 0.3) is 0 Å². The Balaban J connectivity index is 1.81. The fourth-order valence-corrected chi connectivity index (χ4v) is 2.83. The number of methoxy groups -OCH3 is 1. The minimum atomic E-state index is -0.475. The van der Waals surface area contributed by atoms with E-state index in [0.717, 1.165) is 5.56 Å². The van der Waals surface area contributed by atoms with Crippen molar-refractivity contribution in [3.05, 3.63) is 82.4 Å². The lowest BCUT2D eigenvalue weighted by Gasteiger charge is -2.05. The highest BCUT2D eigenvalue weighted by Gasteiger charge is 2.22. The second-order valence-corrected chi connectivity index (χ2v) is 6.12. The molecule has 6 nitrogen and oxygen atoms in total. The molecule has 0 saturated carbocycles. The van der Waals surface area contributed by atoms with Crippen molar-refractivity contribution in [1.29, 1.82) is 0 Å². The highest BCUT2D eigenvalue weighted by molar-refractivity contribution is 6.06. The third-order valence-electron chi connectivity index (χ3n) is 4.17. The van der Waals surface area contributed by atoms with Gasteiger partial charge in [0.1, 0.15) is 11.4 Å². The molecule has 0 unspecified atom stereocenters. The van der Waals surface area contributed by atoms with Crippen molar-refractivity contribution in [3.63, 3.8) is 0 Å². The molecule has 140 valence electrons. The molecule has 0 saturated heterocycles. The molecule has 2 heterocycles. The highest BCUT2D eigenvalue weighted by atomic mass is 16.5. The van der Waals surface area contributed by atoms with Crippen molar-refractivity contribution in [2.24, 2.45) is 0 Å². The molecule has 28 heavy (non-hydrogen) atoms. The fourth-order valence-electron chi connectivity index (χ4n) is 2.83. The number of nitrogens with one attached hydrogen (secondary N) is 2. The number of carbonyl (C=O) groups excluding carboxylic acids is 2. The van der Waals surface area contributed by atoms with E-state index in [4.69, 9.17) is 4.74 Å². The summed E-state index contributed by atoms with van der Waals surface area (Å²) in [5.74, 6) is 5.19. The number of benzene rings is 1. The second-order valence-electron chi connectivity index (χ2n) is 6.12. The average Bonchev–Trinajstić information content (AvgIpc) is 3.01. The Morgan fingerprint density at radius 3 is 2.64 bits per heavy atom. The van der Waals surface area contributed by atoms with Gasteiger partial charge in [-0.1, -0.05) is 18.1 Å². The summed E-state index contributed by atoms with van der Waals surface area (Å²) in [7, 11) is 1.31. The zero-order valence-corrected chi connectivity index (χ0v) is 15.8. The topological polar surface area (TPSA) is 84.1 Å². The summed E-state index contributed by atoms with van der Waals surface area (Å²) in [5.41, 5.74) is 3.86. The first-order chi connectivity index (χ1) is 13.5. The molecule has 1 aromatic carbocycles. The molecule has 6 heteroatoms. The number of ether oxygens (including phenoxy) is 1. The number of aryl methyl sites for hydroxylation is 1. The van der Waals surface area contributed by atoms with E-state index in [0.29, 0.717) is 33.9 Å². The van der Waals surface area contributed by atoms with Crippen LogP contribution < -0.4 is 5.32 Å². The maximum atomic E-state index is 12.7. The molecular weight excluding hydrogens is 354 g/mol. The summed E-state index contributed by atoms with van der Waals surface area (Å²) in [6, 6.07) is 12.7. The first-order valence-electron chi connectivity index (χ1n) is 8.61. The van der Waals surface area contributed by atoms with Gasteiger partial charge in [-0.3, -0.25) is 4.79 Å². The summed E-state index contributed by atoms with van der Waals surface area (Å²) in [6.45, 7) is 3.43. The summed E-state index contributed by atoms with van der Waals surface area (Å²) in [5, 5.41) is 2.83. The number of hydrogen-bond donors (Lipinski definition) is 2. The Labute approximate surface area is 163 Å². The number of nitrogens with zero attached hydrogens (tertiary/aromatic N) is 1. The number of pyridine rings is 1. The third-order valence-corrected chi connectivity index (χ3v) is 4.17. The van der Waals surface area contributed by atoms with E-state index in [1.807, 2.05) is 30.3 Å². The minimum Gasteiger partial charge on any atom is -0.465 e. The summed E-state index contributed by atoms with van der Waals surface area (Å²) in [4.78, 5) is 31.7. The van der Waals surface area contributed by atoms with Gasteiger partial charge in [0.15, 0.2) is 0 Å². The van der Waals surface area contributed by atoms with E-state index in [9.17, 15) is 9.59 Å². The van der Waals surface area contributed by atoms with Crippen LogP contribution in [0.2, 0.25) is 0 Å². The molecule has 0 fully saturated rings. The molecule has 0 bridgehead atoms. The predicted octanol–water partition coefficient (Wildman–Crippen LogP) is 3.47. The van der Waals surface area contributed by atoms with Gasteiger partial charge in [0, 0.05) is 23.1 Å². The maximum absolute atomic E-state index is 12.7. The van der Waals surface area contributed by atoms with Crippen LogP contribution in [-0.2, 0) is 4.74 Å². The molecule has 0 aliphatic carbocycles. The molecule has 0 spiro atoms. The van der Waals surface area contributed by atoms with Gasteiger partial charge in [0.2, 0.25) is 0 Å². The lowest BCUT2D eigenvalue weighted by atomic mass is 10.1. The zero-order valence-electron chi connectivity index (χ0n) is 15.8. The normalized spacial score (nSPS) is 9.96. The van der Waals surface area contributed by atoms with Gasteiger partial charge in [-0.2, -0.15) is 0 Å². The predicted molar refractivity (Wildman–Crippen MR) is 106 cm³/mol. The van der Waals surface area contributed by atoms with Gasteiger partial charge in [-0.15, -0.1) is 0 Å². The Morgan fingerprint density at radius 1 is 1.11 bits per heavy atom. The van der Waals surface area contributed by atoms with Gasteiger partial charge in [0.25, 0.3) is 5.91 Å². The zero-order chi connectivity index (χ0) is 20.1. The van der Waals surface area contributed by atoms with Crippen LogP contribution in [0.1, 0.15) is 43.4 Å². The van der Waals surface area contributed by atoms with E-state index in [1.165, 1.54) is 7.11 Å². The lowest BCUT2D eigenvalue weighted by Crippen LogP contribution is -2.14. The lowest BCUT2D eigenvalue weighted by molar-refractivity contribution is 0.0599. The molecule has 3 rings (SSSR count). The number of carbonyl (C=O) groups is 2. The first kappa shape index (κ1) is 18.9. The van der Waals surface area contributed by atoms with Gasteiger partial charge in [-0.25, -0.2) is 9.78 Å². The van der Waals surface area contributed by atoms with E-state index in [2.05, 4.69) is 27.1 Å². The Morgan fingerprint density at radius 2 is 1.93 bits per heavy atom. The van der Waals surface area contributed by atoms with Gasteiger partial charge in [0.05, 0.1) is 12.7 Å². The number of esters is 1. The number of aromatic amines is 1. The monoisotopic (exact) mass is 373 g/mol. The molecule has 1 amide bonds. The van der Waals surface area contributed by atoms with E-state index >= 15 is 0 Å². The molecule has 0 aliphatic heterocycles. The fraction of sp³-hybridized carbons (Fsp3) is 0.136. The van der Waals surface area contributed by atoms with Crippen LogP contribution in [0.15, 0.2) is 48.7 Å². The van der Waals surface area contributed by atoms with E-state index in [1.54, 1.807) is 32.2 Å². The van der Waals surface area contributed by atoms with Gasteiger partial charge in [-0.05, 0) is 55.7 Å². The number of amides is 1. The van der Waals surface area contributed by atoms with Crippen molar-refractivity contribution in [1.82, 2.24) is 9.97 Å². The summed E-state index contributed by atoms with van der Waals surface area (Å²) in [6.07, 6.45) is 1.68. The molecule has 0 aliphatic rings. The van der Waals surface area contributed by atoms with Gasteiger partial charge < -0.3 is 15.0 Å². The highest BCUT2D eigenvalue weighted by Crippen LogP contribution is 2.20. The number of aromatic nitrogens is 2. The van der Waals surface area contributed by atoms with Crippen molar-refractivity contribution in [3.8, 4) is 11.8 Å². The number of anilines is 1. The molecule has 0 atom stereocenters. The summed E-state index contributed by atoms with van der Waals surface area (Å²) >= 11 is 0. The standard InChI is InChI=1S/C22H19N3O3/c1-14-19(22(27)28-3)15(2)24-20(14)21(26)25-18-9-6-7-16(13-18)10-11-17-8-4-5-12-23-17/h4-9,12-13,24H,1-3H3,(H,25,26). The van der Waals surface area contributed by atoms with Crippen LogP contribution in [0.5, 0.6) is 0 Å².